The van der Waals surface area contributed by atoms with Crippen molar-refractivity contribution in [2.45, 2.75) is 26.8 Å². The third kappa shape index (κ3) is 4.99. The van der Waals surface area contributed by atoms with Gasteiger partial charge in [-0.25, -0.2) is 0 Å². The van der Waals surface area contributed by atoms with Gasteiger partial charge in [0.05, 0.1) is 25.3 Å². The second-order valence-corrected chi connectivity index (χ2v) is 8.61. The molecule has 2 aromatic heterocycles. The van der Waals surface area contributed by atoms with Gasteiger partial charge < -0.3 is 14.6 Å². The van der Waals surface area contributed by atoms with Crippen LogP contribution in [0.25, 0.3) is 17.2 Å². The van der Waals surface area contributed by atoms with Crippen molar-refractivity contribution >= 4 is 17.4 Å². The summed E-state index contributed by atoms with van der Waals surface area (Å²) in [6.07, 6.45) is -0.115. The maximum absolute atomic E-state index is 13.6. The highest BCUT2D eigenvalue weighted by Gasteiger charge is 2.21. The molecule has 2 heterocycles. The smallest absolute Gasteiger partial charge is 0.279 e. The first-order chi connectivity index (χ1) is 18.0. The topological polar surface area (TPSA) is 90.5 Å². The number of anilines is 1. The maximum atomic E-state index is 13.6. The molecule has 186 valence electrons. The van der Waals surface area contributed by atoms with Gasteiger partial charge in [-0.1, -0.05) is 72.8 Å². The molecule has 5 rings (SSSR count). The second kappa shape index (κ2) is 10.5. The van der Waals surface area contributed by atoms with Crippen LogP contribution in [0.5, 0.6) is 5.75 Å². The number of nitrogens with one attached hydrogen (secondary N) is 1. The van der Waals surface area contributed by atoms with Crippen LogP contribution in [0.2, 0.25) is 0 Å². The van der Waals surface area contributed by atoms with Gasteiger partial charge in [-0.2, -0.15) is 9.50 Å². The molecule has 37 heavy (non-hydrogen) atoms. The minimum Gasteiger partial charge on any atom is -0.492 e. The number of amides is 1. The zero-order valence-electron chi connectivity index (χ0n) is 20.7. The van der Waals surface area contributed by atoms with Crippen molar-refractivity contribution in [3.8, 4) is 17.1 Å². The van der Waals surface area contributed by atoms with Gasteiger partial charge in [0.1, 0.15) is 5.75 Å². The van der Waals surface area contributed by atoms with Crippen LogP contribution in [-0.2, 0) is 17.8 Å². The van der Waals surface area contributed by atoms with Crippen molar-refractivity contribution in [3.63, 3.8) is 0 Å². The number of carbonyl (C=O) groups is 1. The molecular weight excluding hydrogens is 466 g/mol. The van der Waals surface area contributed by atoms with Gasteiger partial charge in [0.2, 0.25) is 11.7 Å². The van der Waals surface area contributed by atoms with E-state index in [-0.39, 0.29) is 17.9 Å². The summed E-state index contributed by atoms with van der Waals surface area (Å²) >= 11 is 0. The summed E-state index contributed by atoms with van der Waals surface area (Å²) in [6.45, 7) is 4.68. The highest BCUT2D eigenvalue weighted by Crippen LogP contribution is 2.24. The monoisotopic (exact) mass is 493 g/mol. The van der Waals surface area contributed by atoms with E-state index in [2.05, 4.69) is 10.4 Å². The van der Waals surface area contributed by atoms with Crippen LogP contribution in [0.15, 0.2) is 89.7 Å². The molecule has 0 bridgehead atoms. The van der Waals surface area contributed by atoms with Crippen LogP contribution in [0.4, 0.5) is 5.69 Å². The third-order valence-corrected chi connectivity index (χ3v) is 6.14. The first-order valence-electron chi connectivity index (χ1n) is 12.1. The first-order valence-corrected chi connectivity index (χ1v) is 12.1. The Kier molecular flexibility index (Phi) is 6.81. The fraction of sp³-hybridized carbons (Fsp3) is 0.172. The Hall–Kier alpha value is -4.72. The number of fused-ring (bicyclic) bond motifs is 1. The molecule has 0 spiro atoms. The van der Waals surface area contributed by atoms with Gasteiger partial charge in [0.25, 0.3) is 5.56 Å². The average molecular weight is 494 g/mol. The predicted octanol–water partition coefficient (Wildman–Crippen LogP) is 4.49. The minimum absolute atomic E-state index is 0.115. The molecular formula is C29H27N5O3. The number of aromatic nitrogens is 4. The molecule has 3 aromatic carbocycles. The number of ether oxygens (including phenoxy) is 1. The minimum atomic E-state index is -0.361. The molecule has 0 unspecified atom stereocenters. The third-order valence-electron chi connectivity index (χ3n) is 6.14. The van der Waals surface area contributed by atoms with E-state index < -0.39 is 0 Å². The Morgan fingerprint density at radius 3 is 2.35 bits per heavy atom. The molecule has 0 saturated heterocycles. The lowest BCUT2D eigenvalue weighted by Crippen LogP contribution is -2.29. The maximum Gasteiger partial charge on any atom is 0.279 e. The van der Waals surface area contributed by atoms with Gasteiger partial charge in [0, 0.05) is 16.8 Å². The number of rotatable bonds is 8. The quantitative estimate of drug-likeness (QED) is 0.344. The predicted molar refractivity (Wildman–Crippen MR) is 143 cm³/mol. The highest BCUT2D eigenvalue weighted by molar-refractivity contribution is 5.93. The van der Waals surface area contributed by atoms with E-state index in [9.17, 15) is 9.59 Å². The van der Waals surface area contributed by atoms with E-state index in [1.54, 1.807) is 12.1 Å². The SMILES string of the molecule is CCOc1ccccc1NC(=O)Cc1c(C)n(Cc2ccccc2)c2nc(-c3ccccc3)nn2c1=O. The van der Waals surface area contributed by atoms with Gasteiger partial charge >= 0.3 is 0 Å². The number of nitrogens with zero attached hydrogens (tertiary/aromatic N) is 4. The molecule has 0 atom stereocenters. The zero-order chi connectivity index (χ0) is 25.8. The van der Waals surface area contributed by atoms with E-state index in [1.807, 2.05) is 91.2 Å². The Bertz CT molecular complexity index is 1610. The van der Waals surface area contributed by atoms with E-state index in [4.69, 9.17) is 9.72 Å². The lowest BCUT2D eigenvalue weighted by molar-refractivity contribution is -0.115. The molecule has 0 radical (unpaired) electrons. The Labute approximate surface area is 214 Å². The van der Waals surface area contributed by atoms with Crippen LogP contribution in [-0.4, -0.2) is 31.7 Å². The molecule has 5 aromatic rings. The second-order valence-electron chi connectivity index (χ2n) is 8.61. The Balaban J connectivity index is 1.57. The number of para-hydroxylation sites is 2. The van der Waals surface area contributed by atoms with Crippen LogP contribution in [0.3, 0.4) is 0 Å². The standard InChI is InChI=1S/C29H27N5O3/c1-3-37-25-17-11-10-16-24(25)30-26(35)18-23-20(2)33(19-21-12-6-4-7-13-21)29-31-27(32-34(29)28(23)36)22-14-8-5-9-15-22/h4-17H,3,18-19H2,1-2H3,(H,30,35). The van der Waals surface area contributed by atoms with E-state index in [0.717, 1.165) is 11.1 Å². The van der Waals surface area contributed by atoms with E-state index >= 15 is 0 Å². The summed E-state index contributed by atoms with van der Waals surface area (Å²) in [7, 11) is 0. The largest absolute Gasteiger partial charge is 0.492 e. The lowest BCUT2D eigenvalue weighted by atomic mass is 10.1. The summed E-state index contributed by atoms with van der Waals surface area (Å²) in [5.41, 5.74) is 3.08. The molecule has 8 nitrogen and oxygen atoms in total. The molecule has 8 heteroatoms. The summed E-state index contributed by atoms with van der Waals surface area (Å²) in [5.74, 6) is 1.14. The van der Waals surface area contributed by atoms with Crippen LogP contribution >= 0.6 is 0 Å². The molecule has 0 fully saturated rings. The van der Waals surface area contributed by atoms with Gasteiger partial charge in [-0.3, -0.25) is 9.59 Å². The fourth-order valence-corrected chi connectivity index (χ4v) is 4.28. The molecule has 0 aliphatic heterocycles. The summed E-state index contributed by atoms with van der Waals surface area (Å²) < 4.78 is 8.86. The fourth-order valence-electron chi connectivity index (χ4n) is 4.28. The number of hydrogen-bond donors (Lipinski definition) is 1. The number of carbonyl (C=O) groups excluding carboxylic acids is 1. The molecule has 1 amide bonds. The van der Waals surface area contributed by atoms with Crippen LogP contribution in [0, 0.1) is 6.92 Å². The Morgan fingerprint density at radius 1 is 0.946 bits per heavy atom. The summed E-state index contributed by atoms with van der Waals surface area (Å²) in [6, 6.07) is 26.7. The van der Waals surface area contributed by atoms with Crippen molar-refractivity contribution in [1.29, 1.82) is 0 Å². The van der Waals surface area contributed by atoms with Crippen molar-refractivity contribution in [2.24, 2.45) is 0 Å². The normalized spacial score (nSPS) is 11.0. The summed E-state index contributed by atoms with van der Waals surface area (Å²) in [4.78, 5) is 31.4. The number of hydrogen-bond acceptors (Lipinski definition) is 5. The Morgan fingerprint density at radius 2 is 1.62 bits per heavy atom. The van der Waals surface area contributed by atoms with Crippen molar-refractivity contribution in [3.05, 3.63) is 112 Å². The van der Waals surface area contributed by atoms with Gasteiger partial charge in [-0.05, 0) is 31.5 Å². The van der Waals surface area contributed by atoms with Crippen LogP contribution < -0.4 is 15.6 Å². The first kappa shape index (κ1) is 24.0. The van der Waals surface area contributed by atoms with E-state index in [1.165, 1.54) is 4.52 Å². The lowest BCUT2D eigenvalue weighted by Gasteiger charge is -2.16. The zero-order valence-corrected chi connectivity index (χ0v) is 20.7. The molecule has 0 aliphatic carbocycles. The molecule has 0 saturated carbocycles. The van der Waals surface area contributed by atoms with Crippen LogP contribution in [0.1, 0.15) is 23.7 Å². The molecule has 1 N–H and O–H groups in total. The summed E-state index contributed by atoms with van der Waals surface area (Å²) in [5, 5.41) is 7.43. The number of benzene rings is 3. The van der Waals surface area contributed by atoms with E-state index in [0.29, 0.717) is 47.4 Å². The van der Waals surface area contributed by atoms with Gasteiger partial charge in [-0.15, -0.1) is 5.10 Å². The highest BCUT2D eigenvalue weighted by atomic mass is 16.5. The molecule has 0 aliphatic rings. The van der Waals surface area contributed by atoms with Crippen molar-refractivity contribution in [1.82, 2.24) is 19.2 Å². The average Bonchev–Trinajstić information content (AvgIpc) is 3.37. The van der Waals surface area contributed by atoms with Gasteiger partial charge in [0.15, 0.2) is 5.82 Å². The van der Waals surface area contributed by atoms with Crippen molar-refractivity contribution < 1.29 is 9.53 Å². The van der Waals surface area contributed by atoms with Crippen molar-refractivity contribution in [2.75, 3.05) is 11.9 Å².